The number of nitrogen functional groups attached to an aromatic ring is 1. The van der Waals surface area contributed by atoms with E-state index < -0.39 is 11.9 Å². The van der Waals surface area contributed by atoms with Crippen LogP contribution in [-0.4, -0.2) is 36.5 Å². The molecule has 1 aromatic carbocycles. The molecule has 1 saturated heterocycles. The van der Waals surface area contributed by atoms with Gasteiger partial charge in [-0.1, -0.05) is 12.1 Å². The molecule has 1 aliphatic heterocycles. The van der Waals surface area contributed by atoms with Gasteiger partial charge in [-0.15, -0.1) is 0 Å². The highest BCUT2D eigenvalue weighted by Crippen LogP contribution is 2.19. The average Bonchev–Trinajstić information content (AvgIpc) is 2.52. The number of amides is 1. The summed E-state index contributed by atoms with van der Waals surface area (Å²) in [5.74, 6) is -0.934. The molecule has 1 unspecified atom stereocenters. The van der Waals surface area contributed by atoms with Crippen LogP contribution in [0.3, 0.4) is 0 Å². The third-order valence-corrected chi connectivity index (χ3v) is 3.81. The smallest absolute Gasteiger partial charge is 0.313 e. The van der Waals surface area contributed by atoms with Crippen LogP contribution in [0.5, 0.6) is 0 Å². The summed E-state index contributed by atoms with van der Waals surface area (Å²) < 4.78 is 5.14. The number of anilines is 1. The Kier molecular flexibility index (Phi) is 5.20. The van der Waals surface area contributed by atoms with Crippen molar-refractivity contribution in [1.82, 2.24) is 4.90 Å². The molecule has 21 heavy (non-hydrogen) atoms. The predicted molar refractivity (Wildman–Crippen MR) is 80.7 cm³/mol. The first-order valence-electron chi connectivity index (χ1n) is 7.38. The van der Waals surface area contributed by atoms with Gasteiger partial charge in [-0.05, 0) is 43.9 Å². The summed E-state index contributed by atoms with van der Waals surface area (Å²) in [7, 11) is 0. The van der Waals surface area contributed by atoms with Crippen molar-refractivity contribution in [3.8, 4) is 0 Å². The van der Waals surface area contributed by atoms with Gasteiger partial charge < -0.3 is 15.4 Å². The van der Waals surface area contributed by atoms with Crippen LogP contribution in [0.15, 0.2) is 24.3 Å². The molecule has 1 aromatic rings. The van der Waals surface area contributed by atoms with Crippen LogP contribution in [0, 0.1) is 0 Å². The van der Waals surface area contributed by atoms with Crippen LogP contribution in [0.1, 0.15) is 37.7 Å². The van der Waals surface area contributed by atoms with Gasteiger partial charge in [0.2, 0.25) is 0 Å². The molecule has 2 N–H and O–H groups in total. The lowest BCUT2D eigenvalue weighted by atomic mass is 10.0. The standard InChI is InChI=1S/C16H22N2O3/c1-12(13-6-5-7-14(17)10-13)16(20)21-11-15(19)18-8-3-2-4-9-18/h5-7,10,12H,2-4,8-9,11,17H2,1H3. The number of hydrogen-bond donors (Lipinski definition) is 1. The number of hydrogen-bond acceptors (Lipinski definition) is 4. The topological polar surface area (TPSA) is 72.6 Å². The Morgan fingerprint density at radius 2 is 2.00 bits per heavy atom. The summed E-state index contributed by atoms with van der Waals surface area (Å²) in [6.45, 7) is 3.11. The molecule has 5 nitrogen and oxygen atoms in total. The molecule has 1 atom stereocenters. The Morgan fingerprint density at radius 3 is 2.67 bits per heavy atom. The van der Waals surface area contributed by atoms with Gasteiger partial charge in [0, 0.05) is 18.8 Å². The van der Waals surface area contributed by atoms with E-state index in [1.165, 1.54) is 0 Å². The highest BCUT2D eigenvalue weighted by molar-refractivity contribution is 5.83. The predicted octanol–water partition coefficient (Wildman–Crippen LogP) is 1.93. The molecule has 0 saturated carbocycles. The lowest BCUT2D eigenvalue weighted by Crippen LogP contribution is -2.38. The summed E-state index contributed by atoms with van der Waals surface area (Å²) in [6, 6.07) is 7.14. The normalized spacial score (nSPS) is 16.3. The van der Waals surface area contributed by atoms with Crippen LogP contribution in [0.4, 0.5) is 5.69 Å². The number of rotatable bonds is 4. The van der Waals surface area contributed by atoms with Crippen LogP contribution in [0.25, 0.3) is 0 Å². The third-order valence-electron chi connectivity index (χ3n) is 3.81. The second-order valence-corrected chi connectivity index (χ2v) is 5.44. The number of nitrogens with zero attached hydrogens (tertiary/aromatic N) is 1. The molecule has 1 fully saturated rings. The summed E-state index contributed by atoms with van der Waals surface area (Å²) in [5.41, 5.74) is 7.11. The van der Waals surface area contributed by atoms with Gasteiger partial charge in [0.25, 0.3) is 5.91 Å². The first-order chi connectivity index (χ1) is 10.1. The van der Waals surface area contributed by atoms with Crippen molar-refractivity contribution in [3.05, 3.63) is 29.8 Å². The first-order valence-corrected chi connectivity index (χ1v) is 7.38. The monoisotopic (exact) mass is 290 g/mol. The fraction of sp³-hybridized carbons (Fsp3) is 0.500. The molecule has 0 spiro atoms. The highest BCUT2D eigenvalue weighted by Gasteiger charge is 2.21. The Hall–Kier alpha value is -2.04. The fourth-order valence-electron chi connectivity index (χ4n) is 2.46. The molecule has 1 aliphatic rings. The molecule has 1 amide bonds. The van der Waals surface area contributed by atoms with Gasteiger partial charge in [0.15, 0.2) is 6.61 Å². The van der Waals surface area contributed by atoms with E-state index in [0.717, 1.165) is 37.9 Å². The zero-order valence-corrected chi connectivity index (χ0v) is 12.4. The number of ether oxygens (including phenoxy) is 1. The molecule has 0 aliphatic carbocycles. The van der Waals surface area contributed by atoms with E-state index in [1.54, 1.807) is 30.0 Å². The van der Waals surface area contributed by atoms with Crippen molar-refractivity contribution in [2.45, 2.75) is 32.1 Å². The van der Waals surface area contributed by atoms with E-state index >= 15 is 0 Å². The van der Waals surface area contributed by atoms with Crippen LogP contribution >= 0.6 is 0 Å². The van der Waals surface area contributed by atoms with Crippen molar-refractivity contribution in [3.63, 3.8) is 0 Å². The quantitative estimate of drug-likeness (QED) is 0.679. The SMILES string of the molecule is CC(C(=O)OCC(=O)N1CCCCC1)c1cccc(N)c1. The van der Waals surface area contributed by atoms with E-state index in [4.69, 9.17) is 10.5 Å². The van der Waals surface area contributed by atoms with Gasteiger partial charge in [-0.25, -0.2) is 0 Å². The molecule has 0 aromatic heterocycles. The maximum absolute atomic E-state index is 12.0. The Morgan fingerprint density at radius 1 is 1.29 bits per heavy atom. The van der Waals surface area contributed by atoms with Crippen molar-refractivity contribution in [2.75, 3.05) is 25.4 Å². The van der Waals surface area contributed by atoms with Crippen molar-refractivity contribution >= 4 is 17.6 Å². The second-order valence-electron chi connectivity index (χ2n) is 5.44. The maximum Gasteiger partial charge on any atom is 0.313 e. The molecule has 5 heteroatoms. The van der Waals surface area contributed by atoms with E-state index in [1.807, 2.05) is 6.07 Å². The van der Waals surface area contributed by atoms with Gasteiger partial charge in [-0.2, -0.15) is 0 Å². The maximum atomic E-state index is 12.0. The number of likely N-dealkylation sites (tertiary alicyclic amines) is 1. The average molecular weight is 290 g/mol. The van der Waals surface area contributed by atoms with Crippen molar-refractivity contribution in [2.24, 2.45) is 0 Å². The number of nitrogens with two attached hydrogens (primary N) is 1. The zero-order valence-electron chi connectivity index (χ0n) is 12.4. The number of benzene rings is 1. The summed E-state index contributed by atoms with van der Waals surface area (Å²) >= 11 is 0. The summed E-state index contributed by atoms with van der Waals surface area (Å²) in [4.78, 5) is 25.7. The van der Waals surface area contributed by atoms with Crippen molar-refractivity contribution < 1.29 is 14.3 Å². The molecule has 114 valence electrons. The highest BCUT2D eigenvalue weighted by atomic mass is 16.5. The molecule has 2 rings (SSSR count). The summed E-state index contributed by atoms with van der Waals surface area (Å²) in [6.07, 6.45) is 3.22. The minimum atomic E-state index is -0.428. The van der Waals surface area contributed by atoms with Gasteiger partial charge in [-0.3, -0.25) is 9.59 Å². The van der Waals surface area contributed by atoms with E-state index in [2.05, 4.69) is 0 Å². The van der Waals surface area contributed by atoms with E-state index in [9.17, 15) is 9.59 Å². The summed E-state index contributed by atoms with van der Waals surface area (Å²) in [5, 5.41) is 0. The first kappa shape index (κ1) is 15.4. The lowest BCUT2D eigenvalue weighted by Gasteiger charge is -2.26. The van der Waals surface area contributed by atoms with Crippen LogP contribution < -0.4 is 5.73 Å². The molecule has 1 heterocycles. The Labute approximate surface area is 125 Å². The fourth-order valence-corrected chi connectivity index (χ4v) is 2.46. The van der Waals surface area contributed by atoms with Gasteiger partial charge in [0.1, 0.15) is 0 Å². The molecular formula is C16H22N2O3. The van der Waals surface area contributed by atoms with Gasteiger partial charge in [0.05, 0.1) is 5.92 Å². The number of carbonyl (C=O) groups is 2. The zero-order chi connectivity index (χ0) is 15.2. The number of esters is 1. The van der Waals surface area contributed by atoms with E-state index in [0.29, 0.717) is 5.69 Å². The number of carbonyl (C=O) groups excluding carboxylic acids is 2. The van der Waals surface area contributed by atoms with Crippen LogP contribution in [0.2, 0.25) is 0 Å². The third kappa shape index (κ3) is 4.21. The Bertz CT molecular complexity index is 510. The minimum Gasteiger partial charge on any atom is -0.455 e. The molecule has 0 radical (unpaired) electrons. The molecule has 0 bridgehead atoms. The van der Waals surface area contributed by atoms with E-state index in [-0.39, 0.29) is 12.5 Å². The van der Waals surface area contributed by atoms with Crippen molar-refractivity contribution in [1.29, 1.82) is 0 Å². The second kappa shape index (κ2) is 7.11. The Balaban J connectivity index is 1.84. The minimum absolute atomic E-state index is 0.108. The van der Waals surface area contributed by atoms with Gasteiger partial charge >= 0.3 is 5.97 Å². The lowest BCUT2D eigenvalue weighted by molar-refractivity contribution is -0.153. The van der Waals surface area contributed by atoms with Crippen LogP contribution in [-0.2, 0) is 14.3 Å². The number of piperidine rings is 1. The largest absolute Gasteiger partial charge is 0.455 e. The molecular weight excluding hydrogens is 268 g/mol.